The second kappa shape index (κ2) is 6.46. The van der Waals surface area contributed by atoms with Crippen LogP contribution in [0.25, 0.3) is 0 Å². The van der Waals surface area contributed by atoms with Gasteiger partial charge in [-0.25, -0.2) is 13.4 Å². The smallest absolute Gasteiger partial charge is 0.321 e. The highest BCUT2D eigenvalue weighted by atomic mass is 35.5. The maximum atomic E-state index is 12.2. The van der Waals surface area contributed by atoms with Gasteiger partial charge in [-0.2, -0.15) is 4.31 Å². The Kier molecular flexibility index (Phi) is 5.51. The van der Waals surface area contributed by atoms with Gasteiger partial charge in [0.05, 0.1) is 13.3 Å². The van der Waals surface area contributed by atoms with Crippen LogP contribution in [0.5, 0.6) is 0 Å². The molecule has 0 aliphatic rings. The summed E-state index contributed by atoms with van der Waals surface area (Å²) in [7, 11) is -2.53. The van der Waals surface area contributed by atoms with Crippen LogP contribution in [0.4, 0.5) is 0 Å². The molecule has 0 aromatic carbocycles. The summed E-state index contributed by atoms with van der Waals surface area (Å²) in [5.41, 5.74) is 0. The van der Waals surface area contributed by atoms with Crippen LogP contribution in [-0.2, 0) is 19.6 Å². The van der Waals surface area contributed by atoms with Gasteiger partial charge in [0.15, 0.2) is 8.68 Å². The van der Waals surface area contributed by atoms with Crippen molar-refractivity contribution in [2.24, 2.45) is 0 Å². The maximum absolute atomic E-state index is 12.2. The van der Waals surface area contributed by atoms with E-state index in [1.54, 1.807) is 0 Å². The molecule has 0 fully saturated rings. The molecule has 0 saturated carbocycles. The predicted molar refractivity (Wildman–Crippen MR) is 68.2 cm³/mol. The van der Waals surface area contributed by atoms with Gasteiger partial charge in [0.25, 0.3) is 10.0 Å². The summed E-state index contributed by atoms with van der Waals surface area (Å²) in [5, 5.41) is 0. The first kappa shape index (κ1) is 15.4. The van der Waals surface area contributed by atoms with Gasteiger partial charge in [-0.15, -0.1) is 0 Å². The molecule has 6 nitrogen and oxygen atoms in total. The van der Waals surface area contributed by atoms with Crippen molar-refractivity contribution in [2.75, 3.05) is 20.2 Å². The Bertz CT molecular complexity index is 514. The first-order valence-corrected chi connectivity index (χ1v) is 7.73. The van der Waals surface area contributed by atoms with E-state index in [9.17, 15) is 13.2 Å². The summed E-state index contributed by atoms with van der Waals surface area (Å²) < 4.78 is 30.1. The van der Waals surface area contributed by atoms with E-state index in [4.69, 9.17) is 11.6 Å². The van der Waals surface area contributed by atoms with Crippen molar-refractivity contribution in [3.63, 3.8) is 0 Å². The second-order valence-corrected chi connectivity index (χ2v) is 7.12. The number of halogens is 1. The van der Waals surface area contributed by atoms with E-state index in [0.717, 1.165) is 15.6 Å². The molecule has 0 atom stereocenters. The molecule has 0 aliphatic heterocycles. The number of carbonyl (C=O) groups excluding carboxylic acids is 1. The van der Waals surface area contributed by atoms with E-state index in [2.05, 4.69) is 9.72 Å². The SMILES string of the molecule is CCCN(CC(=O)OC)S(=O)(=O)c1cnc(Cl)s1. The summed E-state index contributed by atoms with van der Waals surface area (Å²) in [5.74, 6) is -0.609. The first-order valence-electron chi connectivity index (χ1n) is 5.10. The lowest BCUT2D eigenvalue weighted by atomic mass is 10.5. The molecule has 0 aliphatic carbocycles. The third-order valence-corrected chi connectivity index (χ3v) is 5.45. The normalized spacial score (nSPS) is 11.8. The molecule has 1 aromatic heterocycles. The van der Waals surface area contributed by atoms with Gasteiger partial charge in [0.1, 0.15) is 6.54 Å². The van der Waals surface area contributed by atoms with Crippen molar-refractivity contribution in [3.05, 3.63) is 10.7 Å². The number of sulfonamides is 1. The molecule has 0 saturated heterocycles. The Morgan fingerprint density at radius 3 is 2.72 bits per heavy atom. The summed E-state index contributed by atoms with van der Waals surface area (Å²) in [6.07, 6.45) is 1.77. The van der Waals surface area contributed by atoms with Crippen molar-refractivity contribution < 1.29 is 17.9 Å². The molecule has 0 unspecified atom stereocenters. The van der Waals surface area contributed by atoms with Gasteiger partial charge in [-0.3, -0.25) is 4.79 Å². The number of hydrogen-bond donors (Lipinski definition) is 0. The van der Waals surface area contributed by atoms with Crippen LogP contribution < -0.4 is 0 Å². The number of nitrogens with zero attached hydrogens (tertiary/aromatic N) is 2. The monoisotopic (exact) mass is 312 g/mol. The zero-order chi connectivity index (χ0) is 13.8. The molecule has 1 rings (SSSR count). The molecule has 1 heterocycles. The first-order chi connectivity index (χ1) is 8.41. The molecule has 0 bridgehead atoms. The topological polar surface area (TPSA) is 76.6 Å². The Morgan fingerprint density at radius 2 is 2.28 bits per heavy atom. The third-order valence-electron chi connectivity index (χ3n) is 2.06. The standard InChI is InChI=1S/C9H13ClN2O4S2/c1-3-4-12(6-7(13)16-2)18(14,15)8-5-11-9(10)17-8/h5H,3-4,6H2,1-2H3. The van der Waals surface area contributed by atoms with Gasteiger partial charge in [0.2, 0.25) is 0 Å². The van der Waals surface area contributed by atoms with Crippen molar-refractivity contribution in [1.29, 1.82) is 0 Å². The number of thiazole rings is 1. The fraction of sp³-hybridized carbons (Fsp3) is 0.556. The van der Waals surface area contributed by atoms with E-state index < -0.39 is 16.0 Å². The van der Waals surface area contributed by atoms with Gasteiger partial charge in [-0.05, 0) is 6.42 Å². The zero-order valence-electron chi connectivity index (χ0n) is 9.92. The number of carbonyl (C=O) groups is 1. The summed E-state index contributed by atoms with van der Waals surface area (Å²) >= 11 is 6.47. The third kappa shape index (κ3) is 3.64. The van der Waals surface area contributed by atoms with E-state index in [1.807, 2.05) is 6.92 Å². The van der Waals surface area contributed by atoms with Crippen LogP contribution in [0.2, 0.25) is 4.47 Å². The second-order valence-electron chi connectivity index (χ2n) is 3.35. The Hall–Kier alpha value is -0.700. The highest BCUT2D eigenvalue weighted by molar-refractivity contribution is 7.91. The highest BCUT2D eigenvalue weighted by Crippen LogP contribution is 2.25. The Balaban J connectivity index is 3.00. The van der Waals surface area contributed by atoms with E-state index in [0.29, 0.717) is 6.42 Å². The predicted octanol–water partition coefficient (Wildman–Crippen LogP) is 1.37. The number of esters is 1. The summed E-state index contributed by atoms with van der Waals surface area (Å²) in [4.78, 5) is 14.9. The minimum absolute atomic E-state index is 0.0184. The molecule has 102 valence electrons. The average molecular weight is 313 g/mol. The molecule has 18 heavy (non-hydrogen) atoms. The molecular weight excluding hydrogens is 300 g/mol. The lowest BCUT2D eigenvalue weighted by Gasteiger charge is -2.18. The molecule has 0 radical (unpaired) electrons. The van der Waals surface area contributed by atoms with Crippen molar-refractivity contribution in [1.82, 2.24) is 9.29 Å². The number of methoxy groups -OCH3 is 1. The van der Waals surface area contributed by atoms with Gasteiger partial charge in [-0.1, -0.05) is 29.9 Å². The largest absolute Gasteiger partial charge is 0.468 e. The summed E-state index contributed by atoms with van der Waals surface area (Å²) in [6.45, 7) is 1.73. The van der Waals surface area contributed by atoms with Gasteiger partial charge >= 0.3 is 5.97 Å². The Labute approximate surface area is 115 Å². The van der Waals surface area contributed by atoms with Crippen LogP contribution in [0, 0.1) is 0 Å². The van der Waals surface area contributed by atoms with E-state index in [-0.39, 0.29) is 21.8 Å². The van der Waals surface area contributed by atoms with Crippen molar-refractivity contribution in [2.45, 2.75) is 17.6 Å². The fourth-order valence-corrected chi connectivity index (χ4v) is 4.15. The quantitative estimate of drug-likeness (QED) is 0.741. The highest BCUT2D eigenvalue weighted by Gasteiger charge is 2.28. The molecule has 1 aromatic rings. The van der Waals surface area contributed by atoms with Crippen molar-refractivity contribution >= 4 is 38.9 Å². The van der Waals surface area contributed by atoms with Crippen LogP contribution in [-0.4, -0.2) is 43.9 Å². The van der Waals surface area contributed by atoms with Gasteiger partial charge in [0, 0.05) is 6.54 Å². The summed E-state index contributed by atoms with van der Waals surface area (Å²) in [6, 6.07) is 0. The number of hydrogen-bond acceptors (Lipinski definition) is 6. The lowest BCUT2D eigenvalue weighted by molar-refractivity contribution is -0.140. The van der Waals surface area contributed by atoms with Crippen LogP contribution >= 0.6 is 22.9 Å². The van der Waals surface area contributed by atoms with E-state index in [1.165, 1.54) is 13.3 Å². The van der Waals surface area contributed by atoms with Gasteiger partial charge < -0.3 is 4.74 Å². The zero-order valence-corrected chi connectivity index (χ0v) is 12.3. The molecular formula is C9H13ClN2O4S2. The lowest BCUT2D eigenvalue weighted by Crippen LogP contribution is -2.36. The van der Waals surface area contributed by atoms with Crippen LogP contribution in [0.15, 0.2) is 10.4 Å². The molecule has 0 spiro atoms. The molecule has 9 heteroatoms. The number of rotatable bonds is 6. The average Bonchev–Trinajstić information content (AvgIpc) is 2.75. The Morgan fingerprint density at radius 1 is 1.61 bits per heavy atom. The minimum atomic E-state index is -3.74. The van der Waals surface area contributed by atoms with Crippen LogP contribution in [0.3, 0.4) is 0 Å². The molecule has 0 N–H and O–H groups in total. The maximum Gasteiger partial charge on any atom is 0.321 e. The molecule has 0 amide bonds. The number of ether oxygens (including phenoxy) is 1. The fourth-order valence-electron chi connectivity index (χ4n) is 1.23. The minimum Gasteiger partial charge on any atom is -0.468 e. The van der Waals surface area contributed by atoms with Crippen molar-refractivity contribution in [3.8, 4) is 0 Å². The number of aromatic nitrogens is 1. The van der Waals surface area contributed by atoms with Crippen LogP contribution in [0.1, 0.15) is 13.3 Å². The van der Waals surface area contributed by atoms with E-state index >= 15 is 0 Å².